The first-order chi connectivity index (χ1) is 11.0. The summed E-state index contributed by atoms with van der Waals surface area (Å²) in [5.41, 5.74) is 10.4. The van der Waals surface area contributed by atoms with E-state index in [1.807, 2.05) is 12.1 Å². The Labute approximate surface area is 148 Å². The molecule has 2 aromatic carbocycles. The molecule has 2 rings (SSSR count). The Kier molecular flexibility index (Phi) is 7.49. The van der Waals surface area contributed by atoms with Gasteiger partial charge in [-0.1, -0.05) is 12.1 Å². The monoisotopic (exact) mass is 427 g/mol. The number of hydrogen-bond acceptors (Lipinski definition) is 5. The number of nitrogens with zero attached hydrogens (tertiary/aromatic N) is 1. The van der Waals surface area contributed by atoms with Crippen LogP contribution in [0.3, 0.4) is 0 Å². The second-order valence-corrected chi connectivity index (χ2v) is 5.67. The summed E-state index contributed by atoms with van der Waals surface area (Å²) in [5.74, 6) is -0.533. The molecular formula is C16H18IN3O3. The largest absolute Gasteiger partial charge is 0.507 e. The van der Waals surface area contributed by atoms with Gasteiger partial charge in [0.2, 0.25) is 0 Å². The van der Waals surface area contributed by atoms with Crippen molar-refractivity contribution in [2.24, 2.45) is 5.10 Å². The fourth-order valence-corrected chi connectivity index (χ4v) is 2.17. The molecule has 0 saturated carbocycles. The highest BCUT2D eigenvalue weighted by Gasteiger charge is 2.11. The number of aromatic hydroxyl groups is 1. The van der Waals surface area contributed by atoms with E-state index >= 15 is 0 Å². The van der Waals surface area contributed by atoms with Crippen molar-refractivity contribution < 1.29 is 15.0 Å². The first kappa shape index (κ1) is 18.9. The highest BCUT2D eigenvalue weighted by Crippen LogP contribution is 2.19. The van der Waals surface area contributed by atoms with Crippen LogP contribution < -0.4 is 11.2 Å². The van der Waals surface area contributed by atoms with Crippen LogP contribution >= 0.6 is 22.6 Å². The number of nitrogens with one attached hydrogen (secondary N) is 1. The molecule has 0 unspecified atom stereocenters. The number of aliphatic hydroxyl groups is 1. The van der Waals surface area contributed by atoms with Gasteiger partial charge in [0.1, 0.15) is 5.75 Å². The molecule has 0 aromatic heterocycles. The minimum Gasteiger partial charge on any atom is -0.507 e. The second-order valence-electron chi connectivity index (χ2n) is 4.42. The van der Waals surface area contributed by atoms with Gasteiger partial charge in [-0.25, -0.2) is 5.43 Å². The average Bonchev–Trinajstić information content (AvgIpc) is 2.57. The number of hydrazone groups is 1. The molecule has 0 aliphatic rings. The number of benzene rings is 2. The quantitative estimate of drug-likeness (QED) is 0.261. The minimum atomic E-state index is -0.458. The summed E-state index contributed by atoms with van der Waals surface area (Å²) in [7, 11) is 1.00. The molecule has 0 saturated heterocycles. The molecular weight excluding hydrogens is 409 g/mol. The first-order valence-electron chi connectivity index (χ1n) is 6.61. The van der Waals surface area contributed by atoms with Crippen LogP contribution in [0.4, 0.5) is 5.69 Å². The van der Waals surface area contributed by atoms with E-state index < -0.39 is 5.91 Å². The van der Waals surface area contributed by atoms with Crippen molar-refractivity contribution in [1.82, 2.24) is 5.43 Å². The van der Waals surface area contributed by atoms with Gasteiger partial charge in [-0.2, -0.15) is 5.10 Å². The Hall–Kier alpha value is -2.13. The highest BCUT2D eigenvalue weighted by atomic mass is 127. The van der Waals surface area contributed by atoms with Gasteiger partial charge in [-0.15, -0.1) is 0 Å². The average molecular weight is 427 g/mol. The van der Waals surface area contributed by atoms with Gasteiger partial charge in [0.05, 0.1) is 11.3 Å². The number of hydrogen-bond donors (Lipinski definition) is 4. The predicted molar refractivity (Wildman–Crippen MR) is 99.5 cm³/mol. The number of rotatable bonds is 3. The zero-order valence-corrected chi connectivity index (χ0v) is 14.9. The lowest BCUT2D eigenvalue weighted by atomic mass is 10.1. The van der Waals surface area contributed by atoms with E-state index in [4.69, 9.17) is 10.8 Å². The number of nitrogen functional groups attached to an aromatic ring is 1. The van der Waals surface area contributed by atoms with Gasteiger partial charge < -0.3 is 15.9 Å². The van der Waals surface area contributed by atoms with Crippen LogP contribution in [-0.2, 0) is 0 Å². The number of carbonyl (C=O) groups excluding carboxylic acids is 1. The highest BCUT2D eigenvalue weighted by molar-refractivity contribution is 14.1. The van der Waals surface area contributed by atoms with Gasteiger partial charge in [0.15, 0.2) is 0 Å². The Morgan fingerprint density at radius 2 is 1.78 bits per heavy atom. The van der Waals surface area contributed by atoms with E-state index in [0.29, 0.717) is 11.4 Å². The lowest BCUT2D eigenvalue weighted by Crippen LogP contribution is -2.19. The molecule has 2 aromatic rings. The molecule has 0 fully saturated rings. The molecule has 1 amide bonds. The van der Waals surface area contributed by atoms with Crippen molar-refractivity contribution in [2.45, 2.75) is 6.92 Å². The van der Waals surface area contributed by atoms with Crippen LogP contribution in [0.25, 0.3) is 0 Å². The molecule has 5 N–H and O–H groups in total. The van der Waals surface area contributed by atoms with Crippen LogP contribution in [-0.4, -0.2) is 28.9 Å². The van der Waals surface area contributed by atoms with Crippen molar-refractivity contribution in [3.8, 4) is 5.75 Å². The summed E-state index contributed by atoms with van der Waals surface area (Å²) < 4.78 is 0.856. The van der Waals surface area contributed by atoms with Gasteiger partial charge in [0, 0.05) is 16.4 Å². The number of amides is 1. The van der Waals surface area contributed by atoms with Crippen LogP contribution in [0.2, 0.25) is 0 Å². The molecule has 0 heterocycles. The molecule has 0 aliphatic carbocycles. The van der Waals surface area contributed by atoms with Crippen LogP contribution in [0, 0.1) is 3.57 Å². The smallest absolute Gasteiger partial charge is 0.275 e. The summed E-state index contributed by atoms with van der Waals surface area (Å²) in [6, 6.07) is 12.0. The lowest BCUT2D eigenvalue weighted by molar-refractivity contribution is 0.0952. The Balaban J connectivity index is 0.00000127. The molecule has 0 radical (unpaired) electrons. The van der Waals surface area contributed by atoms with Crippen LogP contribution in [0.15, 0.2) is 47.6 Å². The third-order valence-corrected chi connectivity index (χ3v) is 3.53. The summed E-state index contributed by atoms with van der Waals surface area (Å²) in [6.07, 6.45) is 0. The second kappa shape index (κ2) is 9.11. The van der Waals surface area contributed by atoms with E-state index in [2.05, 4.69) is 33.1 Å². The number of aliphatic hydroxyl groups excluding tert-OH is 1. The fraction of sp³-hybridized carbons (Fsp3) is 0.125. The molecule has 6 nitrogen and oxygen atoms in total. The maximum absolute atomic E-state index is 12.0. The number of nitrogens with two attached hydrogens (primary N) is 1. The zero-order valence-electron chi connectivity index (χ0n) is 12.7. The number of carbonyl (C=O) groups is 1. The molecule has 122 valence electrons. The summed E-state index contributed by atoms with van der Waals surface area (Å²) in [5, 5.41) is 20.7. The maximum Gasteiger partial charge on any atom is 0.275 e. The van der Waals surface area contributed by atoms with E-state index in [-0.39, 0.29) is 11.3 Å². The van der Waals surface area contributed by atoms with Crippen molar-refractivity contribution >= 4 is 39.9 Å². The first-order valence-corrected chi connectivity index (χ1v) is 7.69. The SMILES string of the molecule is C/C(=N\NC(=O)c1cc(I)ccc1O)c1ccc(N)cc1.CO. The van der Waals surface area contributed by atoms with Crippen LogP contribution in [0.5, 0.6) is 5.75 Å². The van der Waals surface area contributed by atoms with Crippen molar-refractivity contribution in [1.29, 1.82) is 0 Å². The van der Waals surface area contributed by atoms with Crippen LogP contribution in [0.1, 0.15) is 22.8 Å². The predicted octanol–water partition coefficient (Wildman–Crippen LogP) is 2.34. The fourth-order valence-electron chi connectivity index (χ4n) is 1.67. The topological polar surface area (TPSA) is 108 Å². The standard InChI is InChI=1S/C15H14IN3O2.CH4O/c1-9(10-2-5-12(17)6-3-10)18-19-15(21)13-8-11(16)4-7-14(13)20;1-2/h2-8,20H,17H2,1H3,(H,19,21);2H,1H3/b18-9+;. The van der Waals surface area contributed by atoms with Gasteiger partial charge in [-0.3, -0.25) is 4.79 Å². The number of anilines is 1. The number of phenolic OH excluding ortho intramolecular Hbond substituents is 1. The lowest BCUT2D eigenvalue weighted by Gasteiger charge is -2.05. The van der Waals surface area contributed by atoms with E-state index in [1.165, 1.54) is 6.07 Å². The molecule has 0 atom stereocenters. The van der Waals surface area contributed by atoms with E-state index in [1.54, 1.807) is 31.2 Å². The normalized spacial score (nSPS) is 10.5. The molecule has 7 heteroatoms. The van der Waals surface area contributed by atoms with Gasteiger partial charge in [0.25, 0.3) is 5.91 Å². The van der Waals surface area contributed by atoms with Crippen molar-refractivity contribution in [3.63, 3.8) is 0 Å². The van der Waals surface area contributed by atoms with Crippen molar-refractivity contribution in [2.75, 3.05) is 12.8 Å². The number of halogens is 1. The van der Waals surface area contributed by atoms with E-state index in [9.17, 15) is 9.90 Å². The minimum absolute atomic E-state index is 0.0757. The maximum atomic E-state index is 12.0. The number of phenols is 1. The third kappa shape index (κ3) is 5.53. The summed E-state index contributed by atoms with van der Waals surface area (Å²) in [4.78, 5) is 12.0. The summed E-state index contributed by atoms with van der Waals surface area (Å²) in [6.45, 7) is 1.78. The zero-order chi connectivity index (χ0) is 17.4. The van der Waals surface area contributed by atoms with Crippen molar-refractivity contribution in [3.05, 3.63) is 57.2 Å². The Morgan fingerprint density at radius 1 is 1.17 bits per heavy atom. The third-order valence-electron chi connectivity index (χ3n) is 2.86. The molecule has 0 spiro atoms. The van der Waals surface area contributed by atoms with Gasteiger partial charge >= 0.3 is 0 Å². The Bertz CT molecular complexity index is 700. The molecule has 23 heavy (non-hydrogen) atoms. The molecule has 0 bridgehead atoms. The van der Waals surface area contributed by atoms with Gasteiger partial charge in [-0.05, 0) is 65.4 Å². The molecule has 0 aliphatic heterocycles. The van der Waals surface area contributed by atoms with E-state index in [0.717, 1.165) is 16.2 Å². The summed E-state index contributed by atoms with van der Waals surface area (Å²) >= 11 is 2.07. The Morgan fingerprint density at radius 3 is 2.39 bits per heavy atom.